The summed E-state index contributed by atoms with van der Waals surface area (Å²) in [5, 5.41) is 0. The Morgan fingerprint density at radius 1 is 0.875 bits per heavy atom. The van der Waals surface area contributed by atoms with Crippen molar-refractivity contribution < 1.29 is 13.0 Å². The number of benzene rings is 2. The van der Waals surface area contributed by atoms with Crippen molar-refractivity contribution in [2.24, 2.45) is 0 Å². The molecule has 2 aromatic carbocycles. The number of rotatable bonds is 6. The molecule has 128 valence electrons. The topological polar surface area (TPSA) is 54.4 Å². The third-order valence-electron chi connectivity index (χ3n) is 4.99. The molecule has 0 bridgehead atoms. The van der Waals surface area contributed by atoms with Crippen molar-refractivity contribution in [3.8, 4) is 0 Å². The maximum atomic E-state index is 11.5. The van der Waals surface area contributed by atoms with Gasteiger partial charge in [0.25, 0.3) is 10.1 Å². The van der Waals surface area contributed by atoms with Gasteiger partial charge >= 0.3 is 0 Å². The summed E-state index contributed by atoms with van der Waals surface area (Å²) in [5.41, 5.74) is 3.55. The molecule has 0 amide bonds. The largest absolute Gasteiger partial charge is 0.294 e. The van der Waals surface area contributed by atoms with Crippen LogP contribution < -0.4 is 0 Å². The summed E-state index contributed by atoms with van der Waals surface area (Å²) in [6.45, 7) is 0. The lowest BCUT2D eigenvalue weighted by atomic mass is 9.90. The highest BCUT2D eigenvalue weighted by atomic mass is 32.2. The first kappa shape index (κ1) is 17.2. The lowest BCUT2D eigenvalue weighted by Crippen LogP contribution is -2.04. The summed E-state index contributed by atoms with van der Waals surface area (Å²) in [7, 11) is -4.15. The van der Waals surface area contributed by atoms with Crippen LogP contribution in [0.25, 0.3) is 0 Å². The van der Waals surface area contributed by atoms with Gasteiger partial charge in [0.05, 0.1) is 4.90 Å². The van der Waals surface area contributed by atoms with Crippen molar-refractivity contribution in [2.45, 2.75) is 55.8 Å². The standard InChI is InChI=1S/C20H24O3S/c21-24(22,23)20-15-6-4-11-18(20)13-7-12-17-10-3-5-14-19(17)16-8-1-2-9-16/h3-6,10-11,14-16H,1-2,7-9,12-13H2,(H,21,22,23). The van der Waals surface area contributed by atoms with Gasteiger partial charge in [0.15, 0.2) is 0 Å². The molecule has 4 heteroatoms. The first-order chi connectivity index (χ1) is 11.6. The second-order valence-electron chi connectivity index (χ2n) is 6.62. The summed E-state index contributed by atoms with van der Waals surface area (Å²) < 4.78 is 32.3. The van der Waals surface area contributed by atoms with Gasteiger partial charge in [-0.1, -0.05) is 55.3 Å². The van der Waals surface area contributed by atoms with Crippen LogP contribution in [0.3, 0.4) is 0 Å². The summed E-state index contributed by atoms with van der Waals surface area (Å²) in [5.74, 6) is 0.686. The minimum Gasteiger partial charge on any atom is -0.282 e. The van der Waals surface area contributed by atoms with Gasteiger partial charge in [-0.2, -0.15) is 8.42 Å². The van der Waals surface area contributed by atoms with E-state index in [9.17, 15) is 13.0 Å². The molecule has 1 aliphatic carbocycles. The maximum Gasteiger partial charge on any atom is 0.294 e. The van der Waals surface area contributed by atoms with Gasteiger partial charge in [-0.25, -0.2) is 0 Å². The van der Waals surface area contributed by atoms with Crippen molar-refractivity contribution in [2.75, 3.05) is 0 Å². The van der Waals surface area contributed by atoms with Crippen molar-refractivity contribution in [1.82, 2.24) is 0 Å². The van der Waals surface area contributed by atoms with Crippen LogP contribution in [0.2, 0.25) is 0 Å². The van der Waals surface area contributed by atoms with Gasteiger partial charge in [-0.15, -0.1) is 0 Å². The zero-order chi connectivity index (χ0) is 17.0. The van der Waals surface area contributed by atoms with E-state index in [0.717, 1.165) is 12.8 Å². The molecule has 0 saturated heterocycles. The summed E-state index contributed by atoms with van der Waals surface area (Å²) >= 11 is 0. The van der Waals surface area contributed by atoms with Crippen LogP contribution in [-0.2, 0) is 23.0 Å². The maximum absolute atomic E-state index is 11.5. The Morgan fingerprint density at radius 2 is 1.46 bits per heavy atom. The SMILES string of the molecule is O=S(=O)(O)c1ccccc1CCCc1ccccc1C1CCCC1. The van der Waals surface area contributed by atoms with Gasteiger partial charge in [-0.05, 0) is 60.8 Å². The van der Waals surface area contributed by atoms with E-state index >= 15 is 0 Å². The van der Waals surface area contributed by atoms with Crippen LogP contribution in [0.4, 0.5) is 0 Å². The van der Waals surface area contributed by atoms with Gasteiger partial charge in [0.2, 0.25) is 0 Å². The molecule has 3 nitrogen and oxygen atoms in total. The Hall–Kier alpha value is -1.65. The molecule has 0 aromatic heterocycles. The zero-order valence-corrected chi connectivity index (χ0v) is 14.6. The molecule has 1 N–H and O–H groups in total. The number of hydrogen-bond acceptors (Lipinski definition) is 2. The van der Waals surface area contributed by atoms with Crippen LogP contribution >= 0.6 is 0 Å². The van der Waals surface area contributed by atoms with E-state index < -0.39 is 10.1 Å². The number of aryl methyl sites for hydroxylation is 2. The summed E-state index contributed by atoms with van der Waals surface area (Å²) in [6.07, 6.45) is 7.66. The lowest BCUT2D eigenvalue weighted by molar-refractivity contribution is 0.482. The Kier molecular flexibility index (Phi) is 5.36. The Bertz CT molecular complexity index is 790. The molecule has 0 spiro atoms. The van der Waals surface area contributed by atoms with Crippen LogP contribution in [0, 0.1) is 0 Å². The smallest absolute Gasteiger partial charge is 0.282 e. The quantitative estimate of drug-likeness (QED) is 0.768. The number of hydrogen-bond donors (Lipinski definition) is 1. The molecular formula is C20H24O3S. The second-order valence-corrected chi connectivity index (χ2v) is 8.01. The van der Waals surface area contributed by atoms with Gasteiger partial charge in [0.1, 0.15) is 0 Å². The van der Waals surface area contributed by atoms with E-state index in [2.05, 4.69) is 24.3 Å². The molecule has 24 heavy (non-hydrogen) atoms. The fourth-order valence-corrected chi connectivity index (χ4v) is 4.58. The Balaban J connectivity index is 1.70. The molecule has 2 aromatic rings. The predicted octanol–water partition coefficient (Wildman–Crippen LogP) is 4.77. The first-order valence-corrected chi connectivity index (χ1v) is 10.1. The van der Waals surface area contributed by atoms with Crippen molar-refractivity contribution >= 4 is 10.1 Å². The first-order valence-electron chi connectivity index (χ1n) is 8.69. The van der Waals surface area contributed by atoms with E-state index in [-0.39, 0.29) is 4.90 Å². The summed E-state index contributed by atoms with van der Waals surface area (Å²) in [6, 6.07) is 15.4. The molecule has 1 saturated carbocycles. The molecule has 0 heterocycles. The predicted molar refractivity (Wildman–Crippen MR) is 95.9 cm³/mol. The molecule has 3 rings (SSSR count). The van der Waals surface area contributed by atoms with E-state index in [1.54, 1.807) is 12.1 Å². The van der Waals surface area contributed by atoms with Crippen LogP contribution in [0.15, 0.2) is 53.4 Å². The van der Waals surface area contributed by atoms with E-state index in [1.807, 2.05) is 6.07 Å². The fraction of sp³-hybridized carbons (Fsp3) is 0.400. The Morgan fingerprint density at radius 3 is 2.17 bits per heavy atom. The van der Waals surface area contributed by atoms with E-state index in [0.29, 0.717) is 17.9 Å². The molecule has 0 unspecified atom stereocenters. The van der Waals surface area contributed by atoms with Crippen LogP contribution in [0.5, 0.6) is 0 Å². The average Bonchev–Trinajstić information content (AvgIpc) is 3.09. The highest BCUT2D eigenvalue weighted by molar-refractivity contribution is 7.85. The lowest BCUT2D eigenvalue weighted by Gasteiger charge is -2.15. The molecule has 0 atom stereocenters. The van der Waals surface area contributed by atoms with Crippen molar-refractivity contribution in [3.63, 3.8) is 0 Å². The third kappa shape index (κ3) is 4.05. The Labute approximate surface area is 144 Å². The van der Waals surface area contributed by atoms with Gasteiger partial charge in [0, 0.05) is 0 Å². The minimum atomic E-state index is -4.15. The molecule has 0 aliphatic heterocycles. The van der Waals surface area contributed by atoms with Crippen LogP contribution in [-0.4, -0.2) is 13.0 Å². The normalized spacial score (nSPS) is 15.7. The van der Waals surface area contributed by atoms with Gasteiger partial charge < -0.3 is 0 Å². The molecule has 1 fully saturated rings. The fourth-order valence-electron chi connectivity index (χ4n) is 3.83. The van der Waals surface area contributed by atoms with Gasteiger partial charge in [-0.3, -0.25) is 4.55 Å². The van der Waals surface area contributed by atoms with E-state index in [1.165, 1.54) is 42.9 Å². The van der Waals surface area contributed by atoms with Crippen molar-refractivity contribution in [1.29, 1.82) is 0 Å². The molecule has 1 aliphatic rings. The highest BCUT2D eigenvalue weighted by Crippen LogP contribution is 2.36. The minimum absolute atomic E-state index is 0.0362. The molecular weight excluding hydrogens is 320 g/mol. The van der Waals surface area contributed by atoms with E-state index in [4.69, 9.17) is 0 Å². The van der Waals surface area contributed by atoms with Crippen LogP contribution in [0.1, 0.15) is 54.7 Å². The zero-order valence-electron chi connectivity index (χ0n) is 13.8. The average molecular weight is 344 g/mol. The monoisotopic (exact) mass is 344 g/mol. The second kappa shape index (κ2) is 7.49. The van der Waals surface area contributed by atoms with Crippen molar-refractivity contribution in [3.05, 3.63) is 65.2 Å². The third-order valence-corrected chi connectivity index (χ3v) is 5.95. The highest BCUT2D eigenvalue weighted by Gasteiger charge is 2.19. The molecule has 0 radical (unpaired) electrons. The summed E-state index contributed by atoms with van der Waals surface area (Å²) in [4.78, 5) is 0.0362.